The molecule has 0 saturated carbocycles. The minimum absolute atomic E-state index is 0.0518. The highest BCUT2D eigenvalue weighted by Gasteiger charge is 2.03. The van der Waals surface area contributed by atoms with Crippen LogP contribution in [-0.4, -0.2) is 27.6 Å². The Labute approximate surface area is 118 Å². The molecule has 0 unspecified atom stereocenters. The van der Waals surface area contributed by atoms with Crippen molar-refractivity contribution in [3.05, 3.63) is 41.0 Å². The number of rotatable bonds is 5. The van der Waals surface area contributed by atoms with E-state index in [1.807, 2.05) is 24.3 Å². The fraction of sp³-hybridized carbons (Fsp3) is 0.154. The van der Waals surface area contributed by atoms with Crippen molar-refractivity contribution in [2.45, 2.75) is 6.42 Å². The first-order chi connectivity index (χ1) is 9.15. The van der Waals surface area contributed by atoms with Gasteiger partial charge in [0.25, 0.3) is 0 Å². The summed E-state index contributed by atoms with van der Waals surface area (Å²) in [6.07, 6.45) is 1.70. The third-order valence-electron chi connectivity index (χ3n) is 2.38. The number of benzene rings is 1. The van der Waals surface area contributed by atoms with Gasteiger partial charge in [0.15, 0.2) is 5.82 Å². The molecule has 0 aliphatic heterocycles. The molecule has 0 saturated heterocycles. The molecule has 2 aromatic rings. The molecule has 1 aromatic carbocycles. The lowest BCUT2D eigenvalue weighted by Crippen LogP contribution is -2.09. The Hall–Kier alpha value is -1.95. The minimum Gasteiger partial charge on any atom is -0.481 e. The zero-order valence-electron chi connectivity index (χ0n) is 10.0. The Morgan fingerprint density at radius 1 is 1.37 bits per heavy atom. The molecule has 6 heteroatoms. The van der Waals surface area contributed by atoms with Crippen LogP contribution in [0.25, 0.3) is 11.4 Å². The van der Waals surface area contributed by atoms with Crippen LogP contribution in [0.3, 0.4) is 0 Å². The molecule has 5 nitrogen and oxygen atoms in total. The van der Waals surface area contributed by atoms with Crippen molar-refractivity contribution in [3.8, 4) is 11.4 Å². The van der Waals surface area contributed by atoms with Gasteiger partial charge in [-0.3, -0.25) is 4.79 Å². The first-order valence-electron chi connectivity index (χ1n) is 5.70. The number of hydrogen-bond donors (Lipinski definition) is 2. The maximum Gasteiger partial charge on any atom is 0.305 e. The standard InChI is InChI=1S/C13H12BrN3O2/c14-10-3-1-2-9(8-10)13-16-6-4-11(17-13)15-7-5-12(18)19/h1-4,6,8H,5,7H2,(H,18,19)(H,15,16,17). The molecule has 0 amide bonds. The highest BCUT2D eigenvalue weighted by atomic mass is 79.9. The Morgan fingerprint density at radius 3 is 2.95 bits per heavy atom. The number of hydrogen-bond acceptors (Lipinski definition) is 4. The van der Waals surface area contributed by atoms with E-state index in [9.17, 15) is 4.79 Å². The highest BCUT2D eigenvalue weighted by Crippen LogP contribution is 2.20. The van der Waals surface area contributed by atoms with E-state index in [0.717, 1.165) is 10.0 Å². The average Bonchev–Trinajstić information content (AvgIpc) is 2.39. The number of aromatic nitrogens is 2. The van der Waals surface area contributed by atoms with E-state index in [1.165, 1.54) is 0 Å². The first-order valence-corrected chi connectivity index (χ1v) is 6.49. The van der Waals surface area contributed by atoms with Crippen LogP contribution in [0.2, 0.25) is 0 Å². The van der Waals surface area contributed by atoms with Crippen molar-refractivity contribution in [1.82, 2.24) is 9.97 Å². The molecule has 0 fully saturated rings. The van der Waals surface area contributed by atoms with Gasteiger partial charge < -0.3 is 10.4 Å². The van der Waals surface area contributed by atoms with Gasteiger partial charge in [-0.2, -0.15) is 0 Å². The smallest absolute Gasteiger partial charge is 0.305 e. The average molecular weight is 322 g/mol. The van der Waals surface area contributed by atoms with Gasteiger partial charge in [-0.1, -0.05) is 28.1 Å². The maximum atomic E-state index is 10.4. The molecule has 0 spiro atoms. The summed E-state index contributed by atoms with van der Waals surface area (Å²) in [5.41, 5.74) is 0.899. The highest BCUT2D eigenvalue weighted by molar-refractivity contribution is 9.10. The van der Waals surface area contributed by atoms with Gasteiger partial charge in [-0.15, -0.1) is 0 Å². The van der Waals surface area contributed by atoms with Gasteiger partial charge in [0.2, 0.25) is 0 Å². The summed E-state index contributed by atoms with van der Waals surface area (Å²) in [6, 6.07) is 9.40. The van der Waals surface area contributed by atoms with E-state index in [1.54, 1.807) is 12.3 Å². The largest absolute Gasteiger partial charge is 0.481 e. The van der Waals surface area contributed by atoms with Crippen LogP contribution in [0.15, 0.2) is 41.0 Å². The predicted molar refractivity (Wildman–Crippen MR) is 75.9 cm³/mol. The molecule has 19 heavy (non-hydrogen) atoms. The Morgan fingerprint density at radius 2 is 2.21 bits per heavy atom. The molecule has 1 aromatic heterocycles. The van der Waals surface area contributed by atoms with Gasteiger partial charge in [0.05, 0.1) is 6.42 Å². The number of anilines is 1. The van der Waals surface area contributed by atoms with E-state index < -0.39 is 5.97 Å². The van der Waals surface area contributed by atoms with E-state index in [0.29, 0.717) is 18.2 Å². The first kappa shape index (κ1) is 13.5. The van der Waals surface area contributed by atoms with Crippen LogP contribution in [0, 0.1) is 0 Å². The van der Waals surface area contributed by atoms with Crippen LogP contribution < -0.4 is 5.32 Å². The van der Waals surface area contributed by atoms with Crippen molar-refractivity contribution in [2.75, 3.05) is 11.9 Å². The summed E-state index contributed by atoms with van der Waals surface area (Å²) in [5.74, 6) is 0.377. The number of halogens is 1. The fourth-order valence-electron chi connectivity index (χ4n) is 1.52. The third kappa shape index (κ3) is 4.03. The van der Waals surface area contributed by atoms with Crippen molar-refractivity contribution < 1.29 is 9.90 Å². The van der Waals surface area contributed by atoms with Gasteiger partial charge in [-0.25, -0.2) is 9.97 Å². The van der Waals surface area contributed by atoms with Crippen molar-refractivity contribution in [1.29, 1.82) is 0 Å². The van der Waals surface area contributed by atoms with Gasteiger partial charge >= 0.3 is 5.97 Å². The van der Waals surface area contributed by atoms with Crippen LogP contribution in [-0.2, 0) is 4.79 Å². The molecular weight excluding hydrogens is 310 g/mol. The fourth-order valence-corrected chi connectivity index (χ4v) is 1.92. The van der Waals surface area contributed by atoms with Crippen molar-refractivity contribution in [3.63, 3.8) is 0 Å². The second-order valence-electron chi connectivity index (χ2n) is 3.85. The van der Waals surface area contributed by atoms with Crippen LogP contribution in [0.1, 0.15) is 6.42 Å². The summed E-state index contributed by atoms with van der Waals surface area (Å²) in [5, 5.41) is 11.5. The van der Waals surface area contributed by atoms with E-state index in [-0.39, 0.29) is 6.42 Å². The second kappa shape index (κ2) is 6.29. The number of nitrogens with zero attached hydrogens (tertiary/aromatic N) is 2. The summed E-state index contributed by atoms with van der Waals surface area (Å²) in [4.78, 5) is 19.0. The quantitative estimate of drug-likeness (QED) is 0.885. The lowest BCUT2D eigenvalue weighted by atomic mass is 10.2. The molecular formula is C13H12BrN3O2. The maximum absolute atomic E-state index is 10.4. The van der Waals surface area contributed by atoms with Gasteiger partial charge in [0.1, 0.15) is 5.82 Å². The summed E-state index contributed by atoms with van der Waals surface area (Å²) < 4.78 is 0.956. The topological polar surface area (TPSA) is 75.1 Å². The van der Waals surface area contributed by atoms with Gasteiger partial charge in [-0.05, 0) is 18.2 Å². The zero-order valence-corrected chi connectivity index (χ0v) is 11.6. The zero-order chi connectivity index (χ0) is 13.7. The van der Waals surface area contributed by atoms with Gasteiger partial charge in [0, 0.05) is 22.8 Å². The Kier molecular flexibility index (Phi) is 4.46. The molecule has 0 aliphatic rings. The van der Waals surface area contributed by atoms with E-state index in [4.69, 9.17) is 5.11 Å². The number of carbonyl (C=O) groups is 1. The minimum atomic E-state index is -0.839. The summed E-state index contributed by atoms with van der Waals surface area (Å²) in [7, 11) is 0. The lowest BCUT2D eigenvalue weighted by Gasteiger charge is -2.06. The normalized spacial score (nSPS) is 10.2. The third-order valence-corrected chi connectivity index (χ3v) is 2.88. The molecule has 1 heterocycles. The van der Waals surface area contributed by atoms with Crippen LogP contribution in [0.5, 0.6) is 0 Å². The molecule has 2 N–H and O–H groups in total. The van der Waals surface area contributed by atoms with Crippen LogP contribution >= 0.6 is 15.9 Å². The lowest BCUT2D eigenvalue weighted by molar-refractivity contribution is -0.136. The second-order valence-corrected chi connectivity index (χ2v) is 4.76. The number of aliphatic carboxylic acids is 1. The number of carboxylic acid groups (broad SMARTS) is 1. The van der Waals surface area contributed by atoms with Crippen molar-refractivity contribution in [2.24, 2.45) is 0 Å². The molecule has 0 radical (unpaired) electrons. The van der Waals surface area contributed by atoms with Crippen LogP contribution in [0.4, 0.5) is 5.82 Å². The summed E-state index contributed by atoms with van der Waals surface area (Å²) in [6.45, 7) is 0.338. The SMILES string of the molecule is O=C(O)CCNc1ccnc(-c2cccc(Br)c2)n1. The molecule has 2 rings (SSSR count). The van der Waals surface area contributed by atoms with E-state index in [2.05, 4.69) is 31.2 Å². The number of carboxylic acids is 1. The molecule has 0 aliphatic carbocycles. The van der Waals surface area contributed by atoms with E-state index >= 15 is 0 Å². The Bertz CT molecular complexity index is 590. The molecule has 0 bridgehead atoms. The monoisotopic (exact) mass is 321 g/mol. The predicted octanol–water partition coefficient (Wildman–Crippen LogP) is 2.79. The molecule has 98 valence electrons. The molecule has 0 atom stereocenters. The Balaban J connectivity index is 2.13. The number of nitrogens with one attached hydrogen (secondary N) is 1. The van der Waals surface area contributed by atoms with Crippen molar-refractivity contribution >= 4 is 27.7 Å². The summed E-state index contributed by atoms with van der Waals surface area (Å²) >= 11 is 3.40.